The van der Waals surface area contributed by atoms with Crippen molar-refractivity contribution in [2.75, 3.05) is 20.8 Å². The molecule has 0 atom stereocenters. The van der Waals surface area contributed by atoms with Crippen molar-refractivity contribution in [1.82, 2.24) is 0 Å². The number of nitriles is 1. The molecule has 0 N–H and O–H groups in total. The standard InChI is InChI=1S/C22H19Cl2NO6/c1-28-20-11-14(10-15(13-25)22(27)29-2)5-7-19(20)31-21(26)4-3-9-30-18-8-6-16(23)12-17(18)24/h5-8,10-12H,3-4,9H2,1-2H3/b15-10+. The molecule has 0 amide bonds. The molecule has 0 unspecified atom stereocenters. The summed E-state index contributed by atoms with van der Waals surface area (Å²) < 4.78 is 20.7. The normalized spacial score (nSPS) is 10.7. The number of carbonyl (C=O) groups is 2. The van der Waals surface area contributed by atoms with Crippen molar-refractivity contribution in [2.45, 2.75) is 12.8 Å². The Hall–Kier alpha value is -3.21. The maximum Gasteiger partial charge on any atom is 0.348 e. The van der Waals surface area contributed by atoms with E-state index < -0.39 is 11.9 Å². The summed E-state index contributed by atoms with van der Waals surface area (Å²) in [6.07, 6.45) is 1.86. The van der Waals surface area contributed by atoms with Gasteiger partial charge < -0.3 is 18.9 Å². The smallest absolute Gasteiger partial charge is 0.348 e. The van der Waals surface area contributed by atoms with E-state index >= 15 is 0 Å². The van der Waals surface area contributed by atoms with Gasteiger partial charge in [0.1, 0.15) is 17.4 Å². The van der Waals surface area contributed by atoms with Crippen LogP contribution in [0.5, 0.6) is 17.2 Å². The van der Waals surface area contributed by atoms with Crippen molar-refractivity contribution < 1.29 is 28.5 Å². The van der Waals surface area contributed by atoms with Gasteiger partial charge in [0, 0.05) is 11.4 Å². The lowest BCUT2D eigenvalue weighted by atomic mass is 10.1. The highest BCUT2D eigenvalue weighted by atomic mass is 35.5. The van der Waals surface area contributed by atoms with Gasteiger partial charge in [-0.2, -0.15) is 5.26 Å². The Morgan fingerprint density at radius 2 is 1.81 bits per heavy atom. The molecule has 162 valence electrons. The fourth-order valence-corrected chi connectivity index (χ4v) is 2.90. The molecular formula is C22H19Cl2NO6. The number of nitrogens with zero attached hydrogens (tertiary/aromatic N) is 1. The number of methoxy groups -OCH3 is 2. The zero-order chi connectivity index (χ0) is 22.8. The zero-order valence-corrected chi connectivity index (χ0v) is 18.3. The second-order valence-corrected chi connectivity index (χ2v) is 6.92. The van der Waals surface area contributed by atoms with E-state index in [1.165, 1.54) is 32.4 Å². The largest absolute Gasteiger partial charge is 0.493 e. The monoisotopic (exact) mass is 463 g/mol. The van der Waals surface area contributed by atoms with E-state index in [1.54, 1.807) is 30.3 Å². The summed E-state index contributed by atoms with van der Waals surface area (Å²) in [6.45, 7) is 0.266. The predicted octanol–water partition coefficient (Wildman–Crippen LogP) is 4.85. The highest BCUT2D eigenvalue weighted by Gasteiger charge is 2.13. The van der Waals surface area contributed by atoms with E-state index in [0.717, 1.165) is 0 Å². The summed E-state index contributed by atoms with van der Waals surface area (Å²) in [4.78, 5) is 23.7. The number of rotatable bonds is 9. The van der Waals surface area contributed by atoms with Gasteiger partial charge in [-0.05, 0) is 48.4 Å². The van der Waals surface area contributed by atoms with Gasteiger partial charge in [0.25, 0.3) is 0 Å². The molecular weight excluding hydrogens is 445 g/mol. The topological polar surface area (TPSA) is 94.9 Å². The van der Waals surface area contributed by atoms with Gasteiger partial charge in [-0.25, -0.2) is 4.79 Å². The van der Waals surface area contributed by atoms with Gasteiger partial charge in [-0.1, -0.05) is 29.3 Å². The van der Waals surface area contributed by atoms with Crippen LogP contribution in [-0.4, -0.2) is 32.8 Å². The number of carbonyl (C=O) groups excluding carboxylic acids is 2. The average Bonchev–Trinajstić information content (AvgIpc) is 2.76. The lowest BCUT2D eigenvalue weighted by Gasteiger charge is -2.11. The maximum absolute atomic E-state index is 12.1. The lowest BCUT2D eigenvalue weighted by molar-refractivity contribution is -0.136. The molecule has 2 aromatic rings. The van der Waals surface area contributed by atoms with Crippen molar-refractivity contribution in [3.8, 4) is 23.3 Å². The van der Waals surface area contributed by atoms with Crippen LogP contribution in [0.2, 0.25) is 10.0 Å². The van der Waals surface area contributed by atoms with Crippen LogP contribution in [0.1, 0.15) is 18.4 Å². The number of benzene rings is 2. The Kier molecular flexibility index (Phi) is 9.19. The summed E-state index contributed by atoms with van der Waals surface area (Å²) in [7, 11) is 2.60. The fraction of sp³-hybridized carbons (Fsp3) is 0.227. The van der Waals surface area contributed by atoms with Crippen molar-refractivity contribution in [1.29, 1.82) is 5.26 Å². The average molecular weight is 464 g/mol. The number of hydrogen-bond donors (Lipinski definition) is 0. The molecule has 0 fully saturated rings. The van der Waals surface area contributed by atoms with Gasteiger partial charge >= 0.3 is 11.9 Å². The van der Waals surface area contributed by atoms with Crippen LogP contribution < -0.4 is 14.2 Å². The Balaban J connectivity index is 1.94. The molecule has 2 aromatic carbocycles. The summed E-state index contributed by atoms with van der Waals surface area (Å²) >= 11 is 11.9. The SMILES string of the molecule is COC(=O)/C(C#N)=C/c1ccc(OC(=O)CCCOc2ccc(Cl)cc2Cl)c(OC)c1. The number of halogens is 2. The first-order chi connectivity index (χ1) is 14.9. The molecule has 7 nitrogen and oxygen atoms in total. The summed E-state index contributed by atoms with van der Waals surface area (Å²) in [5, 5.41) is 9.94. The van der Waals surface area contributed by atoms with Gasteiger partial charge in [0.2, 0.25) is 0 Å². The number of hydrogen-bond acceptors (Lipinski definition) is 7. The van der Waals surface area contributed by atoms with Gasteiger partial charge in [-0.15, -0.1) is 0 Å². The first kappa shape index (κ1) is 24.1. The first-order valence-corrected chi connectivity index (χ1v) is 9.80. The van der Waals surface area contributed by atoms with Crippen molar-refractivity contribution >= 4 is 41.2 Å². The third-order valence-electron chi connectivity index (χ3n) is 3.92. The molecule has 31 heavy (non-hydrogen) atoms. The molecule has 9 heteroatoms. The fourth-order valence-electron chi connectivity index (χ4n) is 2.44. The lowest BCUT2D eigenvalue weighted by Crippen LogP contribution is -2.10. The van der Waals surface area contributed by atoms with Crippen LogP contribution in [0.3, 0.4) is 0 Å². The third kappa shape index (κ3) is 7.21. The molecule has 0 aromatic heterocycles. The summed E-state index contributed by atoms with van der Waals surface area (Å²) in [5.41, 5.74) is 0.335. The Morgan fingerprint density at radius 1 is 1.06 bits per heavy atom. The van der Waals surface area contributed by atoms with E-state index in [2.05, 4.69) is 4.74 Å². The molecule has 0 aliphatic carbocycles. The van der Waals surface area contributed by atoms with Crippen LogP contribution in [0.4, 0.5) is 0 Å². The van der Waals surface area contributed by atoms with Gasteiger partial charge in [-0.3, -0.25) is 4.79 Å². The van der Waals surface area contributed by atoms with Crippen molar-refractivity contribution in [2.24, 2.45) is 0 Å². The Bertz CT molecular complexity index is 1030. The first-order valence-electron chi connectivity index (χ1n) is 9.04. The summed E-state index contributed by atoms with van der Waals surface area (Å²) in [6, 6.07) is 11.3. The van der Waals surface area contributed by atoms with Crippen LogP contribution in [0.15, 0.2) is 42.0 Å². The number of esters is 2. The molecule has 0 saturated heterocycles. The highest BCUT2D eigenvalue weighted by Crippen LogP contribution is 2.30. The van der Waals surface area contributed by atoms with Gasteiger partial charge in [0.15, 0.2) is 11.5 Å². The molecule has 0 radical (unpaired) electrons. The third-order valence-corrected chi connectivity index (χ3v) is 4.46. The minimum Gasteiger partial charge on any atom is -0.493 e. The van der Waals surface area contributed by atoms with Crippen molar-refractivity contribution in [3.05, 3.63) is 57.6 Å². The molecule has 0 bridgehead atoms. The molecule has 0 aliphatic rings. The zero-order valence-electron chi connectivity index (χ0n) is 16.8. The van der Waals surface area contributed by atoms with E-state index in [-0.39, 0.29) is 30.1 Å². The van der Waals surface area contributed by atoms with Gasteiger partial charge in [0.05, 0.1) is 25.8 Å². The maximum atomic E-state index is 12.1. The van der Waals surface area contributed by atoms with Crippen molar-refractivity contribution in [3.63, 3.8) is 0 Å². The Labute approximate surface area is 189 Å². The van der Waals surface area contributed by atoms with Crippen LogP contribution in [0, 0.1) is 11.3 Å². The highest BCUT2D eigenvalue weighted by molar-refractivity contribution is 6.35. The second-order valence-electron chi connectivity index (χ2n) is 6.07. The minimum absolute atomic E-state index is 0.108. The van der Waals surface area contributed by atoms with E-state index in [9.17, 15) is 9.59 Å². The number of ether oxygens (including phenoxy) is 4. The quantitative estimate of drug-likeness (QED) is 0.172. The van der Waals surface area contributed by atoms with Crippen LogP contribution in [-0.2, 0) is 14.3 Å². The summed E-state index contributed by atoms with van der Waals surface area (Å²) in [5.74, 6) is -0.261. The van der Waals surface area contributed by atoms with E-state index in [1.807, 2.05) is 0 Å². The molecule has 0 heterocycles. The molecule has 0 aliphatic heterocycles. The minimum atomic E-state index is -0.751. The second kappa shape index (κ2) is 11.8. The molecule has 2 rings (SSSR count). The van der Waals surface area contributed by atoms with Crippen LogP contribution >= 0.6 is 23.2 Å². The van der Waals surface area contributed by atoms with E-state index in [0.29, 0.717) is 27.8 Å². The van der Waals surface area contributed by atoms with E-state index in [4.69, 9.17) is 42.7 Å². The Morgan fingerprint density at radius 3 is 2.45 bits per heavy atom. The molecule has 0 saturated carbocycles. The predicted molar refractivity (Wildman–Crippen MR) is 115 cm³/mol. The van der Waals surface area contributed by atoms with Crippen LogP contribution in [0.25, 0.3) is 6.08 Å². The molecule has 0 spiro atoms.